The Kier molecular flexibility index (Phi) is 8.57. The number of nitrogens with zero attached hydrogens (tertiary/aromatic N) is 2. The van der Waals surface area contributed by atoms with Gasteiger partial charge >= 0.3 is 0 Å². The first kappa shape index (κ1) is 31.9. The summed E-state index contributed by atoms with van der Waals surface area (Å²) in [5.41, 5.74) is 15.7. The van der Waals surface area contributed by atoms with Gasteiger partial charge in [0, 0.05) is 11.1 Å². The molecule has 0 bridgehead atoms. The SMILES string of the molecule is c1ccc(-c2nnc(-c3cccc(-c4cccc(-c5cc(-c6ccccc6)c(-c6ccccc6)c(-c6ccccc6)c5-c5ccccc5)c4)c3)o2)cc1. The second kappa shape index (κ2) is 14.3. The maximum absolute atomic E-state index is 6.14. The topological polar surface area (TPSA) is 38.9 Å². The van der Waals surface area contributed by atoms with Crippen LogP contribution in [0.25, 0.3) is 89.7 Å². The average molecular weight is 679 g/mol. The van der Waals surface area contributed by atoms with Gasteiger partial charge in [-0.2, -0.15) is 0 Å². The zero-order valence-corrected chi connectivity index (χ0v) is 28.9. The van der Waals surface area contributed by atoms with E-state index < -0.39 is 0 Å². The molecular weight excluding hydrogens is 645 g/mol. The monoisotopic (exact) mass is 678 g/mol. The molecule has 0 unspecified atom stereocenters. The van der Waals surface area contributed by atoms with Gasteiger partial charge in [0.15, 0.2) is 0 Å². The zero-order valence-electron chi connectivity index (χ0n) is 28.9. The van der Waals surface area contributed by atoms with Gasteiger partial charge in [-0.05, 0) is 103 Å². The van der Waals surface area contributed by atoms with Gasteiger partial charge in [0.05, 0.1) is 0 Å². The highest BCUT2D eigenvalue weighted by atomic mass is 16.4. The van der Waals surface area contributed by atoms with Crippen molar-refractivity contribution in [3.63, 3.8) is 0 Å². The van der Waals surface area contributed by atoms with Crippen LogP contribution in [0.1, 0.15) is 0 Å². The van der Waals surface area contributed by atoms with Crippen LogP contribution in [0.2, 0.25) is 0 Å². The highest BCUT2D eigenvalue weighted by Gasteiger charge is 2.24. The van der Waals surface area contributed by atoms with E-state index in [1.807, 2.05) is 36.4 Å². The van der Waals surface area contributed by atoms with Gasteiger partial charge in [0.25, 0.3) is 0 Å². The molecule has 0 radical (unpaired) electrons. The maximum Gasteiger partial charge on any atom is 0.248 e. The second-order valence-corrected chi connectivity index (χ2v) is 13.0. The molecule has 1 aromatic heterocycles. The molecule has 3 heteroatoms. The predicted octanol–water partition coefficient (Wildman–Crippen LogP) is 13.4. The fraction of sp³-hybridized carbons (Fsp3) is 0. The summed E-state index contributed by atoms with van der Waals surface area (Å²) in [6, 6.07) is 72.6. The summed E-state index contributed by atoms with van der Waals surface area (Å²) in [4.78, 5) is 0. The van der Waals surface area contributed by atoms with Gasteiger partial charge in [0.2, 0.25) is 11.8 Å². The van der Waals surface area contributed by atoms with E-state index in [-0.39, 0.29) is 0 Å². The molecule has 0 saturated carbocycles. The van der Waals surface area contributed by atoms with Gasteiger partial charge in [-0.25, -0.2) is 0 Å². The average Bonchev–Trinajstić information content (AvgIpc) is 3.75. The fourth-order valence-corrected chi connectivity index (χ4v) is 7.19. The van der Waals surface area contributed by atoms with Crippen LogP contribution in [0.4, 0.5) is 0 Å². The Morgan fingerprint density at radius 1 is 0.245 bits per heavy atom. The molecule has 250 valence electrons. The van der Waals surface area contributed by atoms with Crippen LogP contribution in [-0.4, -0.2) is 10.2 Å². The quantitative estimate of drug-likeness (QED) is 0.161. The molecule has 0 spiro atoms. The Hall–Kier alpha value is -7.10. The van der Waals surface area contributed by atoms with Gasteiger partial charge in [-0.15, -0.1) is 10.2 Å². The van der Waals surface area contributed by atoms with Crippen LogP contribution in [0.15, 0.2) is 211 Å². The zero-order chi connectivity index (χ0) is 35.4. The molecule has 0 aliphatic heterocycles. The van der Waals surface area contributed by atoms with Crippen molar-refractivity contribution in [1.29, 1.82) is 0 Å². The molecule has 0 amide bonds. The molecule has 0 atom stereocenters. The lowest BCUT2D eigenvalue weighted by molar-refractivity contribution is 0.584. The Morgan fingerprint density at radius 3 is 1.09 bits per heavy atom. The first-order valence-electron chi connectivity index (χ1n) is 17.8. The van der Waals surface area contributed by atoms with E-state index in [0.29, 0.717) is 11.8 Å². The maximum atomic E-state index is 6.14. The summed E-state index contributed by atoms with van der Waals surface area (Å²) in [7, 11) is 0. The van der Waals surface area contributed by atoms with E-state index in [1.165, 1.54) is 38.9 Å². The first-order valence-corrected chi connectivity index (χ1v) is 17.8. The summed E-state index contributed by atoms with van der Waals surface area (Å²) >= 11 is 0. The summed E-state index contributed by atoms with van der Waals surface area (Å²) in [6.45, 7) is 0. The number of rotatable bonds is 8. The van der Waals surface area contributed by atoms with E-state index in [1.54, 1.807) is 0 Å². The minimum absolute atomic E-state index is 0.490. The molecule has 1 heterocycles. The van der Waals surface area contributed by atoms with Crippen LogP contribution >= 0.6 is 0 Å². The molecule has 0 N–H and O–H groups in total. The van der Waals surface area contributed by atoms with Crippen molar-refractivity contribution in [3.8, 4) is 89.7 Å². The summed E-state index contributed by atoms with van der Waals surface area (Å²) < 4.78 is 6.14. The second-order valence-electron chi connectivity index (χ2n) is 13.0. The van der Waals surface area contributed by atoms with Crippen LogP contribution < -0.4 is 0 Å². The molecule has 3 nitrogen and oxygen atoms in total. The van der Waals surface area contributed by atoms with Crippen LogP contribution in [0, 0.1) is 0 Å². The smallest absolute Gasteiger partial charge is 0.248 e. The highest BCUT2D eigenvalue weighted by molar-refractivity contribution is 6.07. The highest BCUT2D eigenvalue weighted by Crippen LogP contribution is 2.50. The van der Waals surface area contributed by atoms with Gasteiger partial charge in [-0.1, -0.05) is 170 Å². The molecule has 0 fully saturated rings. The van der Waals surface area contributed by atoms with Crippen LogP contribution in [0.5, 0.6) is 0 Å². The Morgan fingerprint density at radius 2 is 0.585 bits per heavy atom. The Labute approximate surface area is 309 Å². The third-order valence-electron chi connectivity index (χ3n) is 9.66. The molecule has 0 aliphatic carbocycles. The molecular formula is C50H34N2O. The van der Waals surface area contributed by atoms with E-state index in [9.17, 15) is 0 Å². The summed E-state index contributed by atoms with van der Waals surface area (Å²) in [5, 5.41) is 8.74. The fourth-order valence-electron chi connectivity index (χ4n) is 7.19. The van der Waals surface area contributed by atoms with Gasteiger partial charge in [0.1, 0.15) is 0 Å². The van der Waals surface area contributed by atoms with Crippen molar-refractivity contribution >= 4 is 0 Å². The van der Waals surface area contributed by atoms with Crippen molar-refractivity contribution in [2.24, 2.45) is 0 Å². The van der Waals surface area contributed by atoms with Crippen LogP contribution in [0.3, 0.4) is 0 Å². The van der Waals surface area contributed by atoms with E-state index >= 15 is 0 Å². The van der Waals surface area contributed by atoms with Crippen LogP contribution in [-0.2, 0) is 0 Å². The third-order valence-corrected chi connectivity index (χ3v) is 9.66. The first-order chi connectivity index (χ1) is 26.3. The molecule has 9 aromatic rings. The van der Waals surface area contributed by atoms with Crippen molar-refractivity contribution in [1.82, 2.24) is 10.2 Å². The number of hydrogen-bond donors (Lipinski definition) is 0. The minimum atomic E-state index is 0.490. The van der Waals surface area contributed by atoms with E-state index in [0.717, 1.165) is 38.9 Å². The van der Waals surface area contributed by atoms with Gasteiger partial charge in [-0.3, -0.25) is 0 Å². The molecule has 9 rings (SSSR count). The number of hydrogen-bond acceptors (Lipinski definition) is 3. The van der Waals surface area contributed by atoms with Crippen molar-refractivity contribution in [2.45, 2.75) is 0 Å². The van der Waals surface area contributed by atoms with E-state index in [2.05, 4.69) is 180 Å². The number of aromatic nitrogens is 2. The Bertz CT molecular complexity index is 2630. The minimum Gasteiger partial charge on any atom is -0.416 e. The van der Waals surface area contributed by atoms with Crippen molar-refractivity contribution < 1.29 is 4.42 Å². The predicted molar refractivity (Wildman–Crippen MR) is 218 cm³/mol. The van der Waals surface area contributed by atoms with Crippen molar-refractivity contribution in [3.05, 3.63) is 206 Å². The third kappa shape index (κ3) is 6.37. The molecule has 0 saturated heterocycles. The molecule has 8 aromatic carbocycles. The molecule has 53 heavy (non-hydrogen) atoms. The Balaban J connectivity index is 1.27. The normalized spacial score (nSPS) is 11.0. The standard InChI is InChI=1S/C50H34N2O/c1-6-18-35(19-7-1)44-34-45(47(37-22-10-3-11-23-37)48(38-24-12-4-13-25-38)46(44)36-20-8-2-9-21-36)42-30-16-28-40(32-42)41-29-17-31-43(33-41)50-52-51-49(53-50)39-26-14-5-15-27-39/h1-34H. The lowest BCUT2D eigenvalue weighted by Gasteiger charge is -2.24. The lowest BCUT2D eigenvalue weighted by atomic mass is 9.78. The summed E-state index contributed by atoms with van der Waals surface area (Å²) in [5.74, 6) is 0.994. The van der Waals surface area contributed by atoms with E-state index in [4.69, 9.17) is 4.42 Å². The van der Waals surface area contributed by atoms with Gasteiger partial charge < -0.3 is 4.42 Å². The summed E-state index contributed by atoms with van der Waals surface area (Å²) in [6.07, 6.45) is 0. The molecule has 0 aliphatic rings. The number of benzene rings is 8. The van der Waals surface area contributed by atoms with Crippen molar-refractivity contribution in [2.75, 3.05) is 0 Å². The lowest BCUT2D eigenvalue weighted by Crippen LogP contribution is -1.98. The largest absolute Gasteiger partial charge is 0.416 e.